The number of rotatable bonds is 2. The van der Waals surface area contributed by atoms with Gasteiger partial charge in [-0.3, -0.25) is 14.3 Å². The number of hydrogen-bond donors (Lipinski definition) is 0. The summed E-state index contributed by atoms with van der Waals surface area (Å²) >= 11 is 3.46. The molecule has 1 aromatic heterocycles. The van der Waals surface area contributed by atoms with Crippen molar-refractivity contribution in [3.05, 3.63) is 15.9 Å². The Bertz CT molecular complexity index is 511. The van der Waals surface area contributed by atoms with E-state index in [1.807, 2.05) is 14.0 Å². The molecule has 2 heterocycles. The lowest BCUT2D eigenvalue weighted by molar-refractivity contribution is -0.155. The van der Waals surface area contributed by atoms with Crippen molar-refractivity contribution < 1.29 is 9.59 Å². The molecule has 0 N–H and O–H groups in total. The van der Waals surface area contributed by atoms with Crippen molar-refractivity contribution in [2.45, 2.75) is 13.5 Å². The van der Waals surface area contributed by atoms with Gasteiger partial charge in [0.1, 0.15) is 0 Å². The fourth-order valence-corrected chi connectivity index (χ4v) is 2.42. The molecule has 1 saturated heterocycles. The van der Waals surface area contributed by atoms with Crippen molar-refractivity contribution in [3.63, 3.8) is 0 Å². The summed E-state index contributed by atoms with van der Waals surface area (Å²) in [5, 5.41) is 4.27. The zero-order valence-corrected chi connectivity index (χ0v) is 12.2. The molecule has 0 aromatic carbocycles. The van der Waals surface area contributed by atoms with Gasteiger partial charge in [0.15, 0.2) is 0 Å². The number of aromatic nitrogens is 2. The summed E-state index contributed by atoms with van der Waals surface area (Å²) in [4.78, 5) is 26.5. The van der Waals surface area contributed by atoms with Crippen LogP contribution >= 0.6 is 15.9 Å². The zero-order valence-electron chi connectivity index (χ0n) is 10.6. The van der Waals surface area contributed by atoms with Crippen LogP contribution in [0.2, 0.25) is 0 Å². The predicted octanol–water partition coefficient (Wildman–Crippen LogP) is 0.292. The van der Waals surface area contributed by atoms with E-state index in [1.165, 1.54) is 4.90 Å². The first kappa shape index (κ1) is 13.1. The quantitative estimate of drug-likeness (QED) is 0.737. The van der Waals surface area contributed by atoms with Crippen molar-refractivity contribution in [1.82, 2.24) is 19.6 Å². The molecule has 2 amide bonds. The average molecular weight is 315 g/mol. The molecule has 0 radical (unpaired) electrons. The Kier molecular flexibility index (Phi) is 3.43. The van der Waals surface area contributed by atoms with Gasteiger partial charge in [-0.05, 0) is 22.9 Å². The van der Waals surface area contributed by atoms with E-state index in [-0.39, 0.29) is 0 Å². The molecule has 7 heteroatoms. The van der Waals surface area contributed by atoms with Gasteiger partial charge in [0, 0.05) is 27.2 Å². The van der Waals surface area contributed by atoms with Gasteiger partial charge < -0.3 is 9.80 Å². The van der Waals surface area contributed by atoms with Gasteiger partial charge in [-0.25, -0.2) is 0 Å². The van der Waals surface area contributed by atoms with Crippen LogP contribution in [0.3, 0.4) is 0 Å². The Morgan fingerprint density at radius 3 is 2.44 bits per heavy atom. The van der Waals surface area contributed by atoms with E-state index in [0.29, 0.717) is 19.6 Å². The first-order valence-corrected chi connectivity index (χ1v) is 6.43. The molecule has 1 aromatic rings. The van der Waals surface area contributed by atoms with Crippen LogP contribution in [0, 0.1) is 6.92 Å². The van der Waals surface area contributed by atoms with Gasteiger partial charge >= 0.3 is 11.8 Å². The highest BCUT2D eigenvalue weighted by Gasteiger charge is 2.31. The van der Waals surface area contributed by atoms with Gasteiger partial charge in [0.25, 0.3) is 0 Å². The molecule has 2 rings (SSSR count). The van der Waals surface area contributed by atoms with E-state index < -0.39 is 11.8 Å². The Morgan fingerprint density at radius 2 is 1.89 bits per heavy atom. The SMILES string of the molecule is Cc1nn(C)c(CN2CCN(C)C(=O)C2=O)c1Br. The summed E-state index contributed by atoms with van der Waals surface area (Å²) in [6, 6.07) is 0. The van der Waals surface area contributed by atoms with E-state index in [9.17, 15) is 9.59 Å². The van der Waals surface area contributed by atoms with Crippen molar-refractivity contribution in [2.24, 2.45) is 7.05 Å². The van der Waals surface area contributed by atoms with E-state index in [2.05, 4.69) is 21.0 Å². The van der Waals surface area contributed by atoms with Crippen LogP contribution in [0.1, 0.15) is 11.4 Å². The molecular formula is C11H15BrN4O2. The second-order valence-corrected chi connectivity index (χ2v) is 5.22. The predicted molar refractivity (Wildman–Crippen MR) is 68.7 cm³/mol. The van der Waals surface area contributed by atoms with Crippen molar-refractivity contribution in [1.29, 1.82) is 0 Å². The minimum atomic E-state index is -0.450. The molecule has 1 fully saturated rings. The molecule has 0 saturated carbocycles. The molecule has 18 heavy (non-hydrogen) atoms. The number of hydrogen-bond acceptors (Lipinski definition) is 3. The highest BCUT2D eigenvalue weighted by atomic mass is 79.9. The summed E-state index contributed by atoms with van der Waals surface area (Å²) in [6.07, 6.45) is 0. The summed E-state index contributed by atoms with van der Waals surface area (Å²) in [5.41, 5.74) is 1.78. The van der Waals surface area contributed by atoms with Gasteiger partial charge in [-0.2, -0.15) is 5.10 Å². The van der Waals surface area contributed by atoms with Gasteiger partial charge in [0.05, 0.1) is 22.4 Å². The molecule has 1 aliphatic heterocycles. The summed E-state index contributed by atoms with van der Waals surface area (Å²) in [6.45, 7) is 3.41. The maximum absolute atomic E-state index is 11.9. The van der Waals surface area contributed by atoms with E-state index in [0.717, 1.165) is 15.9 Å². The largest absolute Gasteiger partial charge is 0.336 e. The second-order valence-electron chi connectivity index (χ2n) is 4.42. The fourth-order valence-electron chi connectivity index (χ4n) is 1.96. The number of piperazine rings is 1. The minimum absolute atomic E-state index is 0.399. The normalized spacial score (nSPS) is 16.7. The van der Waals surface area contributed by atoms with Crippen LogP contribution in [-0.4, -0.2) is 51.5 Å². The average Bonchev–Trinajstić information content (AvgIpc) is 2.56. The number of halogens is 1. The third-order valence-electron chi connectivity index (χ3n) is 3.12. The Hall–Kier alpha value is -1.37. The molecule has 0 aliphatic carbocycles. The Morgan fingerprint density at radius 1 is 1.22 bits per heavy atom. The van der Waals surface area contributed by atoms with Crippen LogP contribution in [0.15, 0.2) is 4.47 Å². The molecule has 0 unspecified atom stereocenters. The van der Waals surface area contributed by atoms with Crippen molar-refractivity contribution in [3.8, 4) is 0 Å². The van der Waals surface area contributed by atoms with Gasteiger partial charge in [-0.1, -0.05) is 0 Å². The molecule has 98 valence electrons. The molecule has 0 atom stereocenters. The zero-order chi connectivity index (χ0) is 13.4. The Labute approximate surface area is 114 Å². The lowest BCUT2D eigenvalue weighted by atomic mass is 10.2. The van der Waals surface area contributed by atoms with E-state index >= 15 is 0 Å². The second kappa shape index (κ2) is 4.72. The first-order chi connectivity index (χ1) is 8.41. The fraction of sp³-hybridized carbons (Fsp3) is 0.545. The standard InChI is InChI=1S/C11H15BrN4O2/c1-7-9(12)8(15(3)13-7)6-16-5-4-14(2)10(17)11(16)18/h4-6H2,1-3H3. The topological polar surface area (TPSA) is 58.4 Å². The lowest BCUT2D eigenvalue weighted by Crippen LogP contribution is -2.52. The number of likely N-dealkylation sites (N-methyl/N-ethyl adjacent to an activating group) is 1. The van der Waals surface area contributed by atoms with E-state index in [1.54, 1.807) is 16.6 Å². The highest BCUT2D eigenvalue weighted by Crippen LogP contribution is 2.22. The number of aryl methyl sites for hydroxylation is 2. The third-order valence-corrected chi connectivity index (χ3v) is 4.16. The highest BCUT2D eigenvalue weighted by molar-refractivity contribution is 9.10. The van der Waals surface area contributed by atoms with Crippen LogP contribution in [0.5, 0.6) is 0 Å². The molecule has 1 aliphatic rings. The smallest absolute Gasteiger partial charge is 0.312 e. The van der Waals surface area contributed by atoms with Gasteiger partial charge in [0.2, 0.25) is 0 Å². The monoisotopic (exact) mass is 314 g/mol. The molecule has 0 bridgehead atoms. The lowest BCUT2D eigenvalue weighted by Gasteiger charge is -2.31. The minimum Gasteiger partial charge on any atom is -0.336 e. The summed E-state index contributed by atoms with van der Waals surface area (Å²) < 4.78 is 2.62. The van der Waals surface area contributed by atoms with Crippen LogP contribution in [0.4, 0.5) is 0 Å². The first-order valence-electron chi connectivity index (χ1n) is 5.64. The maximum Gasteiger partial charge on any atom is 0.312 e. The van der Waals surface area contributed by atoms with Gasteiger partial charge in [-0.15, -0.1) is 0 Å². The number of nitrogens with zero attached hydrogens (tertiary/aromatic N) is 4. The Balaban J connectivity index is 2.19. The molecule has 0 spiro atoms. The van der Waals surface area contributed by atoms with Crippen molar-refractivity contribution in [2.75, 3.05) is 20.1 Å². The number of carbonyl (C=O) groups excluding carboxylic acids is 2. The summed E-state index contributed by atoms with van der Waals surface area (Å²) in [7, 11) is 3.47. The number of amides is 2. The number of carbonyl (C=O) groups is 2. The maximum atomic E-state index is 11.9. The van der Waals surface area contributed by atoms with Crippen LogP contribution < -0.4 is 0 Å². The molecule has 6 nitrogen and oxygen atoms in total. The van der Waals surface area contributed by atoms with Crippen LogP contribution in [-0.2, 0) is 23.2 Å². The third kappa shape index (κ3) is 2.14. The van der Waals surface area contributed by atoms with Crippen LogP contribution in [0.25, 0.3) is 0 Å². The van der Waals surface area contributed by atoms with Crippen molar-refractivity contribution >= 4 is 27.7 Å². The summed E-state index contributed by atoms with van der Waals surface area (Å²) in [5.74, 6) is -0.897. The van der Waals surface area contributed by atoms with E-state index in [4.69, 9.17) is 0 Å². The molecular weight excluding hydrogens is 300 g/mol.